The highest BCUT2D eigenvalue weighted by atomic mass is 32.4. The standard InChI is InChI=1S/C27H26NO3PS2/c1-21-13-19-26(20-14-21)34(29,30)28-27(22-15-17-23(31-2)18-16-22)32(33,24-9-5-3-6-10-24)25-11-7-4-8-12-25/h3-20,27-28H,1-2H3/t27-/m0/s1. The number of rotatable bonds is 8. The van der Waals surface area contributed by atoms with Crippen molar-refractivity contribution < 1.29 is 13.2 Å². The third-order valence-corrected chi connectivity index (χ3v) is 12.5. The zero-order chi connectivity index (χ0) is 24.2. The van der Waals surface area contributed by atoms with Crippen LogP contribution in [0.4, 0.5) is 0 Å². The molecule has 34 heavy (non-hydrogen) atoms. The maximum Gasteiger partial charge on any atom is 0.241 e. The van der Waals surface area contributed by atoms with Gasteiger partial charge in [-0.25, -0.2) is 8.42 Å². The second-order valence-electron chi connectivity index (χ2n) is 7.94. The summed E-state index contributed by atoms with van der Waals surface area (Å²) in [6.45, 7) is 1.93. The summed E-state index contributed by atoms with van der Waals surface area (Å²) in [7, 11) is -2.26. The van der Waals surface area contributed by atoms with Crippen LogP contribution in [-0.2, 0) is 21.8 Å². The van der Waals surface area contributed by atoms with Crippen LogP contribution < -0.4 is 20.1 Å². The van der Waals surface area contributed by atoms with Crippen LogP contribution in [-0.4, -0.2) is 15.5 Å². The van der Waals surface area contributed by atoms with Gasteiger partial charge in [-0.15, -0.1) is 0 Å². The van der Waals surface area contributed by atoms with Crippen LogP contribution in [0.5, 0.6) is 5.75 Å². The van der Waals surface area contributed by atoms with Crippen LogP contribution in [0.3, 0.4) is 0 Å². The molecule has 0 radical (unpaired) electrons. The van der Waals surface area contributed by atoms with E-state index in [0.29, 0.717) is 5.75 Å². The molecule has 4 aromatic carbocycles. The number of hydrogen-bond donors (Lipinski definition) is 1. The number of sulfonamides is 1. The minimum absolute atomic E-state index is 0.208. The van der Waals surface area contributed by atoms with Crippen LogP contribution in [0.2, 0.25) is 0 Å². The van der Waals surface area contributed by atoms with Crippen molar-refractivity contribution in [2.24, 2.45) is 0 Å². The second kappa shape index (κ2) is 10.2. The Kier molecular flexibility index (Phi) is 7.34. The summed E-state index contributed by atoms with van der Waals surface area (Å²) >= 11 is 6.49. The molecule has 0 unspecified atom stereocenters. The average Bonchev–Trinajstić information content (AvgIpc) is 2.88. The molecule has 1 atom stereocenters. The highest BCUT2D eigenvalue weighted by Gasteiger charge is 2.36. The van der Waals surface area contributed by atoms with Gasteiger partial charge in [0.25, 0.3) is 0 Å². The first-order valence-corrected chi connectivity index (χ1v) is 15.1. The Morgan fingerprint density at radius 3 is 1.74 bits per heavy atom. The van der Waals surface area contributed by atoms with Crippen molar-refractivity contribution in [2.75, 3.05) is 7.11 Å². The van der Waals surface area contributed by atoms with E-state index in [1.54, 1.807) is 31.4 Å². The van der Waals surface area contributed by atoms with Gasteiger partial charge in [0.2, 0.25) is 10.0 Å². The van der Waals surface area contributed by atoms with Crippen molar-refractivity contribution in [1.82, 2.24) is 4.72 Å². The SMILES string of the molecule is COc1ccc([C@@H](NS(=O)(=O)c2ccc(C)cc2)P(=S)(c2ccccc2)c2ccccc2)cc1. The first-order valence-electron chi connectivity index (χ1n) is 10.8. The summed E-state index contributed by atoms with van der Waals surface area (Å²) < 4.78 is 35.5. The zero-order valence-electron chi connectivity index (χ0n) is 19.0. The first kappa shape index (κ1) is 24.4. The van der Waals surface area contributed by atoms with Gasteiger partial charge in [-0.1, -0.05) is 102 Å². The Morgan fingerprint density at radius 1 is 0.765 bits per heavy atom. The van der Waals surface area contributed by atoms with Gasteiger partial charge < -0.3 is 4.74 Å². The van der Waals surface area contributed by atoms with Crippen molar-refractivity contribution in [3.05, 3.63) is 120 Å². The van der Waals surface area contributed by atoms with E-state index in [-0.39, 0.29) is 4.90 Å². The van der Waals surface area contributed by atoms with E-state index in [1.165, 1.54) is 0 Å². The smallest absolute Gasteiger partial charge is 0.241 e. The molecule has 0 amide bonds. The predicted octanol–water partition coefficient (Wildman–Crippen LogP) is 5.11. The number of methoxy groups -OCH3 is 1. The molecule has 0 aliphatic rings. The van der Waals surface area contributed by atoms with Crippen LogP contribution >= 0.6 is 6.04 Å². The summed E-state index contributed by atoms with van der Waals surface area (Å²) in [5.74, 6) is 0.0288. The fraction of sp³-hybridized carbons (Fsp3) is 0.111. The lowest BCUT2D eigenvalue weighted by Gasteiger charge is -2.33. The summed E-state index contributed by atoms with van der Waals surface area (Å²) in [6, 6.07) is 31.2. The van der Waals surface area contributed by atoms with Gasteiger partial charge in [0.05, 0.1) is 17.8 Å². The Labute approximate surface area is 206 Å². The van der Waals surface area contributed by atoms with Crippen molar-refractivity contribution in [1.29, 1.82) is 0 Å². The second-order valence-corrected chi connectivity index (χ2v) is 14.2. The fourth-order valence-electron chi connectivity index (χ4n) is 3.82. The third kappa shape index (κ3) is 5.01. The molecule has 0 aliphatic carbocycles. The average molecular weight is 508 g/mol. The Bertz CT molecular complexity index is 1350. The summed E-state index contributed by atoms with van der Waals surface area (Å²) in [5.41, 5.74) is 1.77. The van der Waals surface area contributed by atoms with Crippen molar-refractivity contribution in [3.63, 3.8) is 0 Å². The minimum Gasteiger partial charge on any atom is -0.497 e. The van der Waals surface area contributed by atoms with Crippen molar-refractivity contribution >= 4 is 38.5 Å². The molecule has 1 N–H and O–H groups in total. The van der Waals surface area contributed by atoms with Gasteiger partial charge in [-0.2, -0.15) is 4.72 Å². The van der Waals surface area contributed by atoms with Gasteiger partial charge >= 0.3 is 0 Å². The maximum absolute atomic E-state index is 13.6. The Hall–Kier alpha value is -2.76. The molecule has 0 aromatic heterocycles. The summed E-state index contributed by atoms with van der Waals surface area (Å²) in [5, 5.41) is 1.87. The van der Waals surface area contributed by atoms with E-state index < -0.39 is 21.8 Å². The molecule has 4 rings (SSSR count). The summed E-state index contributed by atoms with van der Waals surface area (Å²) in [6.07, 6.45) is 0. The molecule has 0 bridgehead atoms. The van der Waals surface area contributed by atoms with Crippen LogP contribution in [0.25, 0.3) is 0 Å². The molecule has 0 saturated heterocycles. The lowest BCUT2D eigenvalue weighted by molar-refractivity contribution is 0.414. The molecule has 0 aliphatic heterocycles. The van der Waals surface area contributed by atoms with Crippen molar-refractivity contribution in [3.8, 4) is 5.75 Å². The highest BCUT2D eigenvalue weighted by molar-refractivity contribution is 8.22. The number of aryl methyl sites for hydroxylation is 1. The number of hydrogen-bond acceptors (Lipinski definition) is 4. The molecule has 0 heterocycles. The molecule has 7 heteroatoms. The quantitative estimate of drug-likeness (QED) is 0.337. The number of nitrogens with one attached hydrogen (secondary N) is 1. The van der Waals surface area contributed by atoms with E-state index in [2.05, 4.69) is 4.72 Å². The minimum atomic E-state index is -3.86. The predicted molar refractivity (Wildman–Crippen MR) is 144 cm³/mol. The zero-order valence-corrected chi connectivity index (χ0v) is 21.5. The molecule has 174 valence electrons. The highest BCUT2D eigenvalue weighted by Crippen LogP contribution is 2.56. The third-order valence-electron chi connectivity index (χ3n) is 5.67. The monoisotopic (exact) mass is 507 g/mol. The summed E-state index contributed by atoms with van der Waals surface area (Å²) in [4.78, 5) is 0.208. The van der Waals surface area contributed by atoms with Crippen LogP contribution in [0.1, 0.15) is 16.9 Å². The lowest BCUT2D eigenvalue weighted by atomic mass is 10.2. The molecule has 0 saturated carbocycles. The van der Waals surface area contributed by atoms with E-state index in [4.69, 9.17) is 16.5 Å². The van der Waals surface area contributed by atoms with Gasteiger partial charge in [-0.3, -0.25) is 0 Å². The van der Waals surface area contributed by atoms with Crippen LogP contribution in [0, 0.1) is 6.92 Å². The molecule has 4 nitrogen and oxygen atoms in total. The number of benzene rings is 4. The van der Waals surface area contributed by atoms with Gasteiger partial charge in [0, 0.05) is 6.04 Å². The van der Waals surface area contributed by atoms with E-state index in [9.17, 15) is 8.42 Å². The molecule has 4 aromatic rings. The van der Waals surface area contributed by atoms with Gasteiger partial charge in [0.15, 0.2) is 0 Å². The fourth-order valence-corrected chi connectivity index (χ4v) is 10.1. The molecular formula is C27H26NO3PS2. The first-order chi connectivity index (χ1) is 16.3. The van der Waals surface area contributed by atoms with E-state index >= 15 is 0 Å². The normalized spacial score (nSPS) is 12.8. The molecular weight excluding hydrogens is 481 g/mol. The Balaban J connectivity index is 1.93. The van der Waals surface area contributed by atoms with Crippen molar-refractivity contribution in [2.45, 2.75) is 17.6 Å². The Morgan fingerprint density at radius 2 is 1.26 bits per heavy atom. The molecule has 0 spiro atoms. The van der Waals surface area contributed by atoms with E-state index in [1.807, 2.05) is 91.9 Å². The van der Waals surface area contributed by atoms with Crippen LogP contribution in [0.15, 0.2) is 114 Å². The maximum atomic E-state index is 13.6. The lowest BCUT2D eigenvalue weighted by Crippen LogP contribution is -2.34. The van der Waals surface area contributed by atoms with Gasteiger partial charge in [-0.05, 0) is 47.4 Å². The largest absolute Gasteiger partial charge is 0.497 e. The van der Waals surface area contributed by atoms with Gasteiger partial charge in [0.1, 0.15) is 5.75 Å². The molecule has 0 fully saturated rings. The topological polar surface area (TPSA) is 55.4 Å². The number of ether oxygens (including phenoxy) is 1. The van der Waals surface area contributed by atoms with E-state index in [0.717, 1.165) is 21.7 Å².